The number of piperidine rings is 2. The number of likely N-dealkylation sites (tertiary alicyclic amines) is 1. The summed E-state index contributed by atoms with van der Waals surface area (Å²) in [7, 11) is 1.61. The van der Waals surface area contributed by atoms with Crippen LogP contribution in [0, 0.1) is 6.92 Å². The Bertz CT molecular complexity index is 764. The minimum atomic E-state index is 0.00678. The first-order chi connectivity index (χ1) is 13.5. The van der Waals surface area contributed by atoms with E-state index in [1.54, 1.807) is 14.0 Å². The topological polar surface area (TPSA) is 90.9 Å². The van der Waals surface area contributed by atoms with Crippen LogP contribution in [0.1, 0.15) is 31.9 Å². The molecule has 0 spiro atoms. The zero-order chi connectivity index (χ0) is 19.8. The van der Waals surface area contributed by atoms with Crippen molar-refractivity contribution >= 4 is 17.9 Å². The number of hydrogen-bond donors (Lipinski definition) is 1. The second kappa shape index (κ2) is 7.44. The standard InChI is InChI=1S/C19H28N6O3/c1-12-10-17(28-3)22-18(20-12)23-7-4-14(5-8-23)25-16-6-9-24(13(2)26)11-15(16)21-19(25)27/h10,14-16H,4-9,11H2,1-3H3,(H,21,27). The molecule has 3 fully saturated rings. The molecule has 0 radical (unpaired) electrons. The van der Waals surface area contributed by atoms with Crippen LogP contribution < -0.4 is 15.0 Å². The van der Waals surface area contributed by atoms with Gasteiger partial charge in [0.15, 0.2) is 0 Å². The summed E-state index contributed by atoms with van der Waals surface area (Å²) in [5.41, 5.74) is 0.878. The van der Waals surface area contributed by atoms with Crippen LogP contribution in [0.15, 0.2) is 6.07 Å². The highest BCUT2D eigenvalue weighted by molar-refractivity contribution is 5.79. The van der Waals surface area contributed by atoms with Crippen LogP contribution in [0.3, 0.4) is 0 Å². The van der Waals surface area contributed by atoms with Gasteiger partial charge >= 0.3 is 6.03 Å². The van der Waals surface area contributed by atoms with Gasteiger partial charge in [0.2, 0.25) is 17.7 Å². The molecule has 0 aliphatic carbocycles. The van der Waals surface area contributed by atoms with Crippen LogP contribution in [0.25, 0.3) is 0 Å². The number of urea groups is 1. The Hall–Kier alpha value is -2.58. The van der Waals surface area contributed by atoms with Gasteiger partial charge in [0, 0.05) is 50.9 Å². The molecule has 1 N–H and O–H groups in total. The number of carbonyl (C=O) groups is 2. The van der Waals surface area contributed by atoms with Crippen LogP contribution in [-0.2, 0) is 4.79 Å². The zero-order valence-electron chi connectivity index (χ0n) is 16.7. The van der Waals surface area contributed by atoms with E-state index < -0.39 is 0 Å². The molecule has 3 aliphatic heterocycles. The number of anilines is 1. The molecular weight excluding hydrogens is 360 g/mol. The van der Waals surface area contributed by atoms with Gasteiger partial charge < -0.3 is 24.8 Å². The molecule has 1 aromatic rings. The molecule has 3 amide bonds. The van der Waals surface area contributed by atoms with Gasteiger partial charge in [-0.2, -0.15) is 4.98 Å². The molecule has 0 saturated carbocycles. The molecule has 152 valence electrons. The number of nitrogens with one attached hydrogen (secondary N) is 1. The Labute approximate surface area is 165 Å². The lowest BCUT2D eigenvalue weighted by Gasteiger charge is -2.42. The Kier molecular flexibility index (Phi) is 4.99. The number of methoxy groups -OCH3 is 1. The fourth-order valence-electron chi connectivity index (χ4n) is 4.64. The van der Waals surface area contributed by atoms with Crippen molar-refractivity contribution < 1.29 is 14.3 Å². The van der Waals surface area contributed by atoms with Crippen molar-refractivity contribution in [2.75, 3.05) is 38.2 Å². The zero-order valence-corrected chi connectivity index (χ0v) is 16.7. The lowest BCUT2D eigenvalue weighted by Crippen LogP contribution is -2.55. The molecule has 3 saturated heterocycles. The van der Waals surface area contributed by atoms with Gasteiger partial charge in [-0.05, 0) is 26.2 Å². The number of hydrogen-bond acceptors (Lipinski definition) is 6. The van der Waals surface area contributed by atoms with E-state index in [0.717, 1.165) is 44.6 Å². The van der Waals surface area contributed by atoms with E-state index in [0.29, 0.717) is 18.4 Å². The van der Waals surface area contributed by atoms with Gasteiger partial charge in [0.1, 0.15) is 0 Å². The van der Waals surface area contributed by atoms with Gasteiger partial charge in [0.05, 0.1) is 19.2 Å². The minimum Gasteiger partial charge on any atom is -0.481 e. The predicted octanol–water partition coefficient (Wildman–Crippen LogP) is 0.777. The smallest absolute Gasteiger partial charge is 0.318 e. The first-order valence-corrected chi connectivity index (χ1v) is 9.95. The van der Waals surface area contributed by atoms with Crippen LogP contribution in [0.2, 0.25) is 0 Å². The molecule has 0 aromatic carbocycles. The summed E-state index contributed by atoms with van der Waals surface area (Å²) in [6.07, 6.45) is 2.60. The number of ether oxygens (including phenoxy) is 1. The van der Waals surface area contributed by atoms with E-state index >= 15 is 0 Å². The molecule has 0 bridgehead atoms. The van der Waals surface area contributed by atoms with Crippen LogP contribution >= 0.6 is 0 Å². The van der Waals surface area contributed by atoms with E-state index in [1.165, 1.54) is 0 Å². The number of amides is 3. The lowest BCUT2D eigenvalue weighted by atomic mass is 9.95. The average molecular weight is 388 g/mol. The Morgan fingerprint density at radius 2 is 1.96 bits per heavy atom. The summed E-state index contributed by atoms with van der Waals surface area (Å²) in [6, 6.07) is 2.25. The first-order valence-electron chi connectivity index (χ1n) is 9.95. The summed E-state index contributed by atoms with van der Waals surface area (Å²) in [5.74, 6) is 1.34. The summed E-state index contributed by atoms with van der Waals surface area (Å²) in [4.78, 5) is 39.4. The van der Waals surface area contributed by atoms with E-state index in [-0.39, 0.29) is 30.1 Å². The van der Waals surface area contributed by atoms with Gasteiger partial charge in [-0.1, -0.05) is 0 Å². The maximum absolute atomic E-state index is 12.7. The number of nitrogens with zero attached hydrogens (tertiary/aromatic N) is 5. The Morgan fingerprint density at radius 3 is 2.64 bits per heavy atom. The third kappa shape index (κ3) is 3.45. The molecule has 2 unspecified atom stereocenters. The monoisotopic (exact) mass is 388 g/mol. The molecule has 3 aliphatic rings. The molecular formula is C19H28N6O3. The van der Waals surface area contributed by atoms with Crippen LogP contribution in [0.4, 0.5) is 10.7 Å². The predicted molar refractivity (Wildman–Crippen MR) is 103 cm³/mol. The molecule has 4 heterocycles. The number of fused-ring (bicyclic) bond motifs is 1. The van der Waals surface area contributed by atoms with Gasteiger partial charge in [-0.25, -0.2) is 9.78 Å². The van der Waals surface area contributed by atoms with E-state index in [9.17, 15) is 9.59 Å². The SMILES string of the molecule is COc1cc(C)nc(N2CCC(N3C(=O)NC4CN(C(C)=O)CCC43)CC2)n1. The molecule has 9 heteroatoms. The third-order valence-corrected chi connectivity index (χ3v) is 6.09. The lowest BCUT2D eigenvalue weighted by molar-refractivity contribution is -0.130. The molecule has 2 atom stereocenters. The van der Waals surface area contributed by atoms with Crippen molar-refractivity contribution in [2.24, 2.45) is 0 Å². The average Bonchev–Trinajstić information content (AvgIpc) is 3.02. The number of aryl methyl sites for hydroxylation is 1. The number of rotatable bonds is 3. The van der Waals surface area contributed by atoms with E-state index in [1.807, 2.05) is 22.8 Å². The van der Waals surface area contributed by atoms with Crippen molar-refractivity contribution in [1.82, 2.24) is 25.1 Å². The van der Waals surface area contributed by atoms with E-state index in [2.05, 4.69) is 20.2 Å². The summed E-state index contributed by atoms with van der Waals surface area (Å²) >= 11 is 0. The maximum atomic E-state index is 12.7. The number of carbonyl (C=O) groups excluding carboxylic acids is 2. The van der Waals surface area contributed by atoms with Gasteiger partial charge in [-0.15, -0.1) is 0 Å². The van der Waals surface area contributed by atoms with Gasteiger partial charge in [0.25, 0.3) is 0 Å². The summed E-state index contributed by atoms with van der Waals surface area (Å²) in [5, 5.41) is 3.09. The second-order valence-electron chi connectivity index (χ2n) is 7.85. The highest BCUT2D eigenvalue weighted by Crippen LogP contribution is 2.30. The van der Waals surface area contributed by atoms with E-state index in [4.69, 9.17) is 4.74 Å². The maximum Gasteiger partial charge on any atom is 0.318 e. The largest absolute Gasteiger partial charge is 0.481 e. The summed E-state index contributed by atoms with van der Waals surface area (Å²) < 4.78 is 5.26. The number of aromatic nitrogens is 2. The molecule has 28 heavy (non-hydrogen) atoms. The fourth-order valence-corrected chi connectivity index (χ4v) is 4.64. The first kappa shape index (κ1) is 18.8. The molecule has 1 aromatic heterocycles. The van der Waals surface area contributed by atoms with Crippen LogP contribution in [-0.4, -0.2) is 83.1 Å². The third-order valence-electron chi connectivity index (χ3n) is 6.09. The quantitative estimate of drug-likeness (QED) is 0.823. The van der Waals surface area contributed by atoms with Crippen LogP contribution in [0.5, 0.6) is 5.88 Å². The highest BCUT2D eigenvalue weighted by atomic mass is 16.5. The van der Waals surface area contributed by atoms with Crippen molar-refractivity contribution in [2.45, 2.75) is 51.2 Å². The second-order valence-corrected chi connectivity index (χ2v) is 7.85. The fraction of sp³-hybridized carbons (Fsp3) is 0.684. The minimum absolute atomic E-state index is 0.00678. The Morgan fingerprint density at radius 1 is 1.21 bits per heavy atom. The normalized spacial score (nSPS) is 25.5. The van der Waals surface area contributed by atoms with Crippen molar-refractivity contribution in [1.29, 1.82) is 0 Å². The molecule has 4 rings (SSSR count). The van der Waals surface area contributed by atoms with Gasteiger partial charge in [-0.3, -0.25) is 4.79 Å². The van der Waals surface area contributed by atoms with Crippen molar-refractivity contribution in [3.63, 3.8) is 0 Å². The molecule has 9 nitrogen and oxygen atoms in total. The highest BCUT2D eigenvalue weighted by Gasteiger charge is 2.46. The Balaban J connectivity index is 1.41. The summed E-state index contributed by atoms with van der Waals surface area (Å²) in [6.45, 7) is 6.46. The van der Waals surface area contributed by atoms with Crippen molar-refractivity contribution in [3.8, 4) is 5.88 Å². The van der Waals surface area contributed by atoms with Crippen molar-refractivity contribution in [3.05, 3.63) is 11.8 Å².